The van der Waals surface area contributed by atoms with Crippen molar-refractivity contribution < 1.29 is 19.1 Å². The molecule has 18 heavy (non-hydrogen) atoms. The number of amides is 2. The van der Waals surface area contributed by atoms with Crippen LogP contribution in [-0.2, 0) is 11.3 Å². The molecule has 1 fully saturated rings. The standard InChI is InChI=1S/C12H16N2O4/c15-11(16)4-3-9-6-13-12(17)14(7-9)8-10-2-1-5-18-10/h1-2,5,9H,3-4,6-8H2,(H,13,17)(H,15,16). The van der Waals surface area contributed by atoms with E-state index in [9.17, 15) is 9.59 Å². The van der Waals surface area contributed by atoms with Gasteiger partial charge >= 0.3 is 12.0 Å². The van der Waals surface area contributed by atoms with Gasteiger partial charge in [-0.3, -0.25) is 4.79 Å². The largest absolute Gasteiger partial charge is 0.481 e. The summed E-state index contributed by atoms with van der Waals surface area (Å²) in [5, 5.41) is 11.4. The summed E-state index contributed by atoms with van der Waals surface area (Å²) in [5.74, 6) is 0.0993. The van der Waals surface area contributed by atoms with Gasteiger partial charge in [0.05, 0.1) is 12.8 Å². The van der Waals surface area contributed by atoms with Crippen molar-refractivity contribution >= 4 is 12.0 Å². The number of carboxylic acids is 1. The number of carbonyl (C=O) groups is 2. The normalized spacial score (nSPS) is 19.7. The zero-order chi connectivity index (χ0) is 13.0. The SMILES string of the molecule is O=C(O)CCC1CNC(=O)N(Cc2ccco2)C1. The van der Waals surface area contributed by atoms with Crippen molar-refractivity contribution in [3.05, 3.63) is 24.2 Å². The summed E-state index contributed by atoms with van der Waals surface area (Å²) in [6, 6.07) is 3.46. The number of carbonyl (C=O) groups excluding carboxylic acids is 1. The van der Waals surface area contributed by atoms with E-state index < -0.39 is 5.97 Å². The van der Waals surface area contributed by atoms with Crippen LogP contribution in [0.5, 0.6) is 0 Å². The van der Waals surface area contributed by atoms with Crippen LogP contribution in [-0.4, -0.2) is 35.1 Å². The molecule has 98 valence electrons. The van der Waals surface area contributed by atoms with Gasteiger partial charge in [-0.1, -0.05) is 0 Å². The smallest absolute Gasteiger partial charge is 0.317 e. The molecule has 0 bridgehead atoms. The summed E-state index contributed by atoms with van der Waals surface area (Å²) in [6.07, 6.45) is 2.28. The number of nitrogens with one attached hydrogen (secondary N) is 1. The van der Waals surface area contributed by atoms with Gasteiger partial charge in [0.25, 0.3) is 0 Å². The zero-order valence-corrected chi connectivity index (χ0v) is 9.96. The van der Waals surface area contributed by atoms with Crippen LogP contribution in [0.15, 0.2) is 22.8 Å². The van der Waals surface area contributed by atoms with Crippen molar-refractivity contribution in [2.75, 3.05) is 13.1 Å². The van der Waals surface area contributed by atoms with Gasteiger partial charge in [-0.25, -0.2) is 4.79 Å². The molecule has 0 radical (unpaired) electrons. The summed E-state index contributed by atoms with van der Waals surface area (Å²) >= 11 is 0. The Morgan fingerprint density at radius 2 is 2.44 bits per heavy atom. The number of carboxylic acid groups (broad SMARTS) is 1. The number of hydrogen-bond donors (Lipinski definition) is 2. The monoisotopic (exact) mass is 252 g/mol. The molecule has 1 atom stereocenters. The van der Waals surface area contributed by atoms with Gasteiger partial charge in [0.2, 0.25) is 0 Å². The van der Waals surface area contributed by atoms with Gasteiger partial charge in [-0.15, -0.1) is 0 Å². The number of aliphatic carboxylic acids is 1. The predicted octanol–water partition coefficient (Wildman–Crippen LogP) is 1.29. The van der Waals surface area contributed by atoms with Gasteiger partial charge in [-0.2, -0.15) is 0 Å². The maximum atomic E-state index is 11.7. The van der Waals surface area contributed by atoms with Crippen molar-refractivity contribution in [3.8, 4) is 0 Å². The fraction of sp³-hybridized carbons (Fsp3) is 0.500. The number of hydrogen-bond acceptors (Lipinski definition) is 3. The highest BCUT2D eigenvalue weighted by atomic mass is 16.4. The van der Waals surface area contributed by atoms with E-state index in [0.717, 1.165) is 5.76 Å². The first-order valence-electron chi connectivity index (χ1n) is 5.92. The van der Waals surface area contributed by atoms with Gasteiger partial charge in [0.1, 0.15) is 5.76 Å². The highest BCUT2D eigenvalue weighted by Crippen LogP contribution is 2.15. The van der Waals surface area contributed by atoms with E-state index in [1.807, 2.05) is 6.07 Å². The Kier molecular flexibility index (Phi) is 3.86. The lowest BCUT2D eigenvalue weighted by molar-refractivity contribution is -0.137. The molecule has 2 heterocycles. The maximum Gasteiger partial charge on any atom is 0.317 e. The van der Waals surface area contributed by atoms with Crippen LogP contribution >= 0.6 is 0 Å². The quantitative estimate of drug-likeness (QED) is 0.827. The van der Waals surface area contributed by atoms with Gasteiger partial charge in [-0.05, 0) is 24.5 Å². The lowest BCUT2D eigenvalue weighted by Crippen LogP contribution is -2.50. The molecule has 1 aliphatic rings. The van der Waals surface area contributed by atoms with Crippen LogP contribution in [0.2, 0.25) is 0 Å². The Hall–Kier alpha value is -1.98. The van der Waals surface area contributed by atoms with E-state index >= 15 is 0 Å². The summed E-state index contributed by atoms with van der Waals surface area (Å²) < 4.78 is 5.20. The molecule has 6 nitrogen and oxygen atoms in total. The zero-order valence-electron chi connectivity index (χ0n) is 9.96. The van der Waals surface area contributed by atoms with Crippen LogP contribution in [0, 0.1) is 5.92 Å². The minimum absolute atomic E-state index is 0.127. The number of urea groups is 1. The Labute approximate surface area is 105 Å². The molecular weight excluding hydrogens is 236 g/mol. The molecule has 2 amide bonds. The first-order valence-corrected chi connectivity index (χ1v) is 5.92. The van der Waals surface area contributed by atoms with Crippen molar-refractivity contribution in [2.24, 2.45) is 5.92 Å². The molecule has 1 aromatic heterocycles. The van der Waals surface area contributed by atoms with E-state index in [1.165, 1.54) is 0 Å². The average Bonchev–Trinajstić information content (AvgIpc) is 2.83. The molecule has 1 aliphatic heterocycles. The molecule has 0 saturated carbocycles. The van der Waals surface area contributed by atoms with Crippen molar-refractivity contribution in [3.63, 3.8) is 0 Å². The van der Waals surface area contributed by atoms with Crippen LogP contribution in [0.1, 0.15) is 18.6 Å². The molecule has 2 N–H and O–H groups in total. The molecule has 2 rings (SSSR count). The van der Waals surface area contributed by atoms with Gasteiger partial charge in [0.15, 0.2) is 0 Å². The minimum atomic E-state index is -0.801. The molecule has 0 aromatic carbocycles. The summed E-state index contributed by atoms with van der Waals surface area (Å²) in [6.45, 7) is 1.53. The van der Waals surface area contributed by atoms with Crippen LogP contribution in [0.25, 0.3) is 0 Å². The van der Waals surface area contributed by atoms with Crippen molar-refractivity contribution in [1.29, 1.82) is 0 Å². The molecule has 1 aromatic rings. The average molecular weight is 252 g/mol. The molecule has 6 heteroatoms. The fourth-order valence-electron chi connectivity index (χ4n) is 2.05. The molecule has 1 unspecified atom stereocenters. The second kappa shape index (κ2) is 5.57. The fourth-order valence-corrected chi connectivity index (χ4v) is 2.05. The van der Waals surface area contributed by atoms with E-state index in [1.54, 1.807) is 17.2 Å². The maximum absolute atomic E-state index is 11.7. The Balaban J connectivity index is 1.88. The first-order chi connectivity index (χ1) is 8.65. The minimum Gasteiger partial charge on any atom is -0.481 e. The third-order valence-corrected chi connectivity index (χ3v) is 3.00. The molecular formula is C12H16N2O4. The van der Waals surface area contributed by atoms with Crippen LogP contribution < -0.4 is 5.32 Å². The molecule has 0 spiro atoms. The van der Waals surface area contributed by atoms with Gasteiger partial charge < -0.3 is 19.7 Å². The second-order valence-corrected chi connectivity index (χ2v) is 4.44. The topological polar surface area (TPSA) is 82.8 Å². The van der Waals surface area contributed by atoms with Crippen LogP contribution in [0.3, 0.4) is 0 Å². The lowest BCUT2D eigenvalue weighted by atomic mass is 10.0. The lowest BCUT2D eigenvalue weighted by Gasteiger charge is -2.32. The first kappa shape index (κ1) is 12.5. The Bertz CT molecular complexity index is 416. The Morgan fingerprint density at radius 3 is 3.11 bits per heavy atom. The van der Waals surface area contributed by atoms with Crippen LogP contribution in [0.4, 0.5) is 4.79 Å². The molecule has 1 saturated heterocycles. The number of nitrogens with zero attached hydrogens (tertiary/aromatic N) is 1. The van der Waals surface area contributed by atoms with E-state index in [-0.39, 0.29) is 18.4 Å². The van der Waals surface area contributed by atoms with Gasteiger partial charge in [0, 0.05) is 19.5 Å². The van der Waals surface area contributed by atoms with E-state index in [2.05, 4.69) is 5.32 Å². The third kappa shape index (κ3) is 3.26. The molecule has 0 aliphatic carbocycles. The Morgan fingerprint density at radius 1 is 1.61 bits per heavy atom. The van der Waals surface area contributed by atoms with Crippen molar-refractivity contribution in [2.45, 2.75) is 19.4 Å². The van der Waals surface area contributed by atoms with Crippen molar-refractivity contribution in [1.82, 2.24) is 10.2 Å². The number of rotatable bonds is 5. The van der Waals surface area contributed by atoms with E-state index in [4.69, 9.17) is 9.52 Å². The highest BCUT2D eigenvalue weighted by Gasteiger charge is 2.26. The van der Waals surface area contributed by atoms with E-state index in [0.29, 0.717) is 26.1 Å². The number of furan rings is 1. The third-order valence-electron chi connectivity index (χ3n) is 3.00. The highest BCUT2D eigenvalue weighted by molar-refractivity contribution is 5.75. The second-order valence-electron chi connectivity index (χ2n) is 4.44. The summed E-state index contributed by atoms with van der Waals surface area (Å²) in [7, 11) is 0. The summed E-state index contributed by atoms with van der Waals surface area (Å²) in [5.41, 5.74) is 0. The predicted molar refractivity (Wildman–Crippen MR) is 62.9 cm³/mol. The summed E-state index contributed by atoms with van der Waals surface area (Å²) in [4.78, 5) is 23.8.